The van der Waals surface area contributed by atoms with Gasteiger partial charge >= 0.3 is 0 Å². The Kier molecular flexibility index (Phi) is 3.72. The molecule has 0 aliphatic heterocycles. The average Bonchev–Trinajstić information content (AvgIpc) is 2.87. The van der Waals surface area contributed by atoms with Crippen molar-refractivity contribution in [3.63, 3.8) is 0 Å². The quantitative estimate of drug-likeness (QED) is 0.692. The van der Waals surface area contributed by atoms with Crippen LogP contribution in [0.3, 0.4) is 0 Å². The van der Waals surface area contributed by atoms with E-state index in [1.807, 2.05) is 14.0 Å². The summed E-state index contributed by atoms with van der Waals surface area (Å²) < 4.78 is 0. The van der Waals surface area contributed by atoms with Crippen molar-refractivity contribution in [3.8, 4) is 0 Å². The second-order valence-corrected chi connectivity index (χ2v) is 4.06. The molecular weight excluding hydrogens is 164 g/mol. The van der Waals surface area contributed by atoms with E-state index in [1.54, 1.807) is 4.90 Å². The number of rotatable bonds is 5. The molecule has 0 unspecified atom stereocenters. The Labute approximate surface area is 80.3 Å². The Hall–Kier alpha value is -0.570. The summed E-state index contributed by atoms with van der Waals surface area (Å²) in [7, 11) is 1.86. The van der Waals surface area contributed by atoms with Gasteiger partial charge in [-0.2, -0.15) is 0 Å². The number of carbonyl (C=O) groups excluding carboxylic acids is 1. The van der Waals surface area contributed by atoms with E-state index in [1.165, 1.54) is 12.8 Å². The first-order valence-corrected chi connectivity index (χ1v) is 5.15. The van der Waals surface area contributed by atoms with E-state index in [0.717, 1.165) is 25.3 Å². The van der Waals surface area contributed by atoms with Crippen LogP contribution in [0.15, 0.2) is 0 Å². The zero-order valence-corrected chi connectivity index (χ0v) is 8.62. The highest BCUT2D eigenvalue weighted by atomic mass is 16.2. The minimum Gasteiger partial charge on any atom is -0.344 e. The van der Waals surface area contributed by atoms with Crippen LogP contribution in [0, 0.1) is 5.92 Å². The van der Waals surface area contributed by atoms with Gasteiger partial charge < -0.3 is 10.6 Å². The molecule has 0 saturated heterocycles. The maximum absolute atomic E-state index is 11.6. The zero-order valence-electron chi connectivity index (χ0n) is 8.62. The van der Waals surface area contributed by atoms with E-state index in [4.69, 9.17) is 5.73 Å². The summed E-state index contributed by atoms with van der Waals surface area (Å²) in [5.41, 5.74) is 5.73. The first-order valence-electron chi connectivity index (χ1n) is 5.15. The molecule has 1 aliphatic rings. The molecule has 1 aliphatic carbocycles. The molecule has 3 heteroatoms. The van der Waals surface area contributed by atoms with Crippen LogP contribution in [-0.2, 0) is 4.79 Å². The standard InChI is InChI=1S/C10H20N2O/c1-3-4-9(11)10(13)12(2)7-8-5-6-8/h8-9H,3-7,11H2,1-2H3/t9-/m1/s1. The number of carbonyl (C=O) groups is 1. The Bertz CT molecular complexity index is 178. The average molecular weight is 184 g/mol. The second-order valence-electron chi connectivity index (χ2n) is 4.06. The molecule has 0 bridgehead atoms. The van der Waals surface area contributed by atoms with Gasteiger partial charge in [0.15, 0.2) is 0 Å². The number of nitrogens with zero attached hydrogens (tertiary/aromatic N) is 1. The lowest BCUT2D eigenvalue weighted by Gasteiger charge is -2.20. The summed E-state index contributed by atoms with van der Waals surface area (Å²) in [6.07, 6.45) is 4.33. The SMILES string of the molecule is CCC[C@@H](N)C(=O)N(C)CC1CC1. The summed E-state index contributed by atoms with van der Waals surface area (Å²) in [6, 6.07) is -0.284. The molecule has 3 nitrogen and oxygen atoms in total. The molecule has 0 aromatic carbocycles. The molecule has 76 valence electrons. The van der Waals surface area contributed by atoms with E-state index >= 15 is 0 Å². The van der Waals surface area contributed by atoms with Gasteiger partial charge in [0.05, 0.1) is 6.04 Å². The van der Waals surface area contributed by atoms with Gasteiger partial charge in [-0.25, -0.2) is 0 Å². The molecule has 1 amide bonds. The van der Waals surface area contributed by atoms with Gasteiger partial charge in [0.2, 0.25) is 5.91 Å². The van der Waals surface area contributed by atoms with Crippen LogP contribution >= 0.6 is 0 Å². The number of nitrogens with two attached hydrogens (primary N) is 1. The molecular formula is C10H20N2O. The van der Waals surface area contributed by atoms with Crippen LogP contribution in [0.5, 0.6) is 0 Å². The lowest BCUT2D eigenvalue weighted by Crippen LogP contribution is -2.42. The predicted octanol–water partition coefficient (Wildman–Crippen LogP) is 0.982. The predicted molar refractivity (Wildman–Crippen MR) is 53.2 cm³/mol. The van der Waals surface area contributed by atoms with E-state index in [-0.39, 0.29) is 11.9 Å². The molecule has 0 heterocycles. The molecule has 0 aromatic heterocycles. The fourth-order valence-corrected chi connectivity index (χ4v) is 1.50. The Balaban J connectivity index is 2.26. The number of hydrogen-bond donors (Lipinski definition) is 1. The van der Waals surface area contributed by atoms with Gasteiger partial charge in [0.25, 0.3) is 0 Å². The smallest absolute Gasteiger partial charge is 0.239 e. The fraction of sp³-hybridized carbons (Fsp3) is 0.900. The van der Waals surface area contributed by atoms with Crippen LogP contribution in [-0.4, -0.2) is 30.4 Å². The van der Waals surface area contributed by atoms with E-state index < -0.39 is 0 Å². The third kappa shape index (κ3) is 3.35. The third-order valence-electron chi connectivity index (χ3n) is 2.52. The highest BCUT2D eigenvalue weighted by Gasteiger charge is 2.26. The van der Waals surface area contributed by atoms with Crippen molar-refractivity contribution in [2.45, 2.75) is 38.6 Å². The van der Waals surface area contributed by atoms with Crippen molar-refractivity contribution in [2.24, 2.45) is 11.7 Å². The van der Waals surface area contributed by atoms with Gasteiger partial charge in [-0.15, -0.1) is 0 Å². The Morgan fingerprint density at radius 2 is 2.23 bits per heavy atom. The topological polar surface area (TPSA) is 46.3 Å². The van der Waals surface area contributed by atoms with Crippen molar-refractivity contribution in [2.75, 3.05) is 13.6 Å². The third-order valence-corrected chi connectivity index (χ3v) is 2.52. The van der Waals surface area contributed by atoms with Gasteiger partial charge in [-0.05, 0) is 25.2 Å². The fourth-order valence-electron chi connectivity index (χ4n) is 1.50. The summed E-state index contributed by atoms with van der Waals surface area (Å²) >= 11 is 0. The molecule has 1 rings (SSSR count). The Morgan fingerprint density at radius 3 is 2.69 bits per heavy atom. The first-order chi connectivity index (χ1) is 6.15. The van der Waals surface area contributed by atoms with Crippen molar-refractivity contribution >= 4 is 5.91 Å². The van der Waals surface area contributed by atoms with Crippen molar-refractivity contribution < 1.29 is 4.79 Å². The maximum atomic E-state index is 11.6. The van der Waals surface area contributed by atoms with Crippen LogP contribution in [0.25, 0.3) is 0 Å². The summed E-state index contributed by atoms with van der Waals surface area (Å²) in [4.78, 5) is 13.4. The summed E-state index contributed by atoms with van der Waals surface area (Å²) in [5.74, 6) is 0.858. The molecule has 0 radical (unpaired) electrons. The van der Waals surface area contributed by atoms with Crippen LogP contribution in [0.2, 0.25) is 0 Å². The van der Waals surface area contributed by atoms with Gasteiger partial charge in [-0.1, -0.05) is 13.3 Å². The molecule has 1 saturated carbocycles. The van der Waals surface area contributed by atoms with Crippen molar-refractivity contribution in [1.82, 2.24) is 4.90 Å². The van der Waals surface area contributed by atoms with Gasteiger partial charge in [-0.3, -0.25) is 4.79 Å². The largest absolute Gasteiger partial charge is 0.344 e. The van der Waals surface area contributed by atoms with Crippen LogP contribution in [0.4, 0.5) is 0 Å². The molecule has 1 fully saturated rings. The summed E-state index contributed by atoms with van der Waals surface area (Å²) in [6.45, 7) is 2.95. The monoisotopic (exact) mass is 184 g/mol. The maximum Gasteiger partial charge on any atom is 0.239 e. The molecule has 1 atom stereocenters. The Morgan fingerprint density at radius 1 is 1.62 bits per heavy atom. The molecule has 13 heavy (non-hydrogen) atoms. The minimum absolute atomic E-state index is 0.105. The molecule has 2 N–H and O–H groups in total. The van der Waals surface area contributed by atoms with Crippen molar-refractivity contribution in [3.05, 3.63) is 0 Å². The van der Waals surface area contributed by atoms with Crippen LogP contribution in [0.1, 0.15) is 32.6 Å². The number of likely N-dealkylation sites (N-methyl/N-ethyl adjacent to an activating group) is 1. The van der Waals surface area contributed by atoms with E-state index in [2.05, 4.69) is 0 Å². The first kappa shape index (κ1) is 10.5. The number of amides is 1. The highest BCUT2D eigenvalue weighted by molar-refractivity contribution is 5.81. The van der Waals surface area contributed by atoms with E-state index in [0.29, 0.717) is 0 Å². The van der Waals surface area contributed by atoms with Crippen LogP contribution < -0.4 is 5.73 Å². The highest BCUT2D eigenvalue weighted by Crippen LogP contribution is 2.29. The molecule has 0 spiro atoms. The zero-order chi connectivity index (χ0) is 9.84. The van der Waals surface area contributed by atoms with Crippen molar-refractivity contribution in [1.29, 1.82) is 0 Å². The normalized spacial score (nSPS) is 18.4. The molecule has 0 aromatic rings. The summed E-state index contributed by atoms with van der Waals surface area (Å²) in [5, 5.41) is 0. The lowest BCUT2D eigenvalue weighted by atomic mass is 10.1. The van der Waals surface area contributed by atoms with E-state index in [9.17, 15) is 4.79 Å². The number of hydrogen-bond acceptors (Lipinski definition) is 2. The van der Waals surface area contributed by atoms with Gasteiger partial charge in [0.1, 0.15) is 0 Å². The lowest BCUT2D eigenvalue weighted by molar-refractivity contribution is -0.131. The van der Waals surface area contributed by atoms with Gasteiger partial charge in [0, 0.05) is 13.6 Å². The second kappa shape index (κ2) is 4.61. The minimum atomic E-state index is -0.284.